The smallest absolute Gasteiger partial charge is 0.242 e. The number of benzene rings is 2. The van der Waals surface area contributed by atoms with E-state index < -0.39 is 0 Å². The molecule has 2 aliphatic rings. The van der Waals surface area contributed by atoms with Crippen LogP contribution < -0.4 is 4.74 Å². The Morgan fingerprint density at radius 3 is 2.68 bits per heavy atom. The maximum Gasteiger partial charge on any atom is 0.242 e. The molecule has 5 rings (SSSR count). The van der Waals surface area contributed by atoms with Crippen LogP contribution in [-0.2, 0) is 27.2 Å². The Hall–Kier alpha value is -2.87. The zero-order chi connectivity index (χ0) is 25.6. The second-order valence-electron chi connectivity index (χ2n) is 9.49. The SMILES string of the molecule is O=C(Cc1ccccc1)N(CC(=O)N1CCc2sccc2[C@@H]1COc1ccc(Cl)cc1)C[C@@H]1CCCO1. The minimum Gasteiger partial charge on any atom is -0.491 e. The first-order valence-corrected chi connectivity index (χ1v) is 14.0. The van der Waals surface area contributed by atoms with E-state index in [0.29, 0.717) is 37.1 Å². The number of carbonyl (C=O) groups is 2. The predicted octanol–water partition coefficient (Wildman–Crippen LogP) is 5.16. The summed E-state index contributed by atoms with van der Waals surface area (Å²) in [5, 5.41) is 2.72. The number of nitrogens with zero attached hydrogens (tertiary/aromatic N) is 2. The minimum atomic E-state index is -0.216. The van der Waals surface area contributed by atoms with Gasteiger partial charge in [-0.2, -0.15) is 0 Å². The average Bonchev–Trinajstić information content (AvgIpc) is 3.60. The normalized spacial score (nSPS) is 18.9. The molecule has 0 aliphatic carbocycles. The minimum absolute atomic E-state index is 0.0265. The third kappa shape index (κ3) is 6.53. The Kier molecular flexibility index (Phi) is 8.44. The largest absolute Gasteiger partial charge is 0.491 e. The van der Waals surface area contributed by atoms with E-state index >= 15 is 0 Å². The van der Waals surface area contributed by atoms with Crippen molar-refractivity contribution in [2.24, 2.45) is 0 Å². The highest BCUT2D eigenvalue weighted by molar-refractivity contribution is 7.10. The van der Waals surface area contributed by atoms with Gasteiger partial charge in [0.2, 0.25) is 11.8 Å². The summed E-state index contributed by atoms with van der Waals surface area (Å²) < 4.78 is 11.9. The van der Waals surface area contributed by atoms with Crippen LogP contribution >= 0.6 is 22.9 Å². The number of fused-ring (bicyclic) bond motifs is 1. The van der Waals surface area contributed by atoms with Crippen molar-refractivity contribution < 1.29 is 19.1 Å². The van der Waals surface area contributed by atoms with E-state index in [1.54, 1.807) is 28.4 Å². The van der Waals surface area contributed by atoms with Crippen LogP contribution in [0.5, 0.6) is 5.75 Å². The first-order valence-electron chi connectivity index (χ1n) is 12.7. The van der Waals surface area contributed by atoms with Crippen LogP contribution in [0.4, 0.5) is 0 Å². The van der Waals surface area contributed by atoms with E-state index in [9.17, 15) is 9.59 Å². The molecule has 194 valence electrons. The van der Waals surface area contributed by atoms with Gasteiger partial charge in [0.1, 0.15) is 12.4 Å². The highest BCUT2D eigenvalue weighted by atomic mass is 35.5. The Morgan fingerprint density at radius 1 is 1.11 bits per heavy atom. The standard InChI is InChI=1S/C29H31ClN2O4S/c30-22-8-10-23(11-9-22)36-20-26-25-13-16-37-27(25)12-14-32(26)29(34)19-31(18-24-7-4-15-35-24)28(33)17-21-5-2-1-3-6-21/h1-3,5-6,8-11,13,16,24,26H,4,7,12,14-15,17-20H2/t24-,26-/m0/s1. The van der Waals surface area contributed by atoms with Gasteiger partial charge < -0.3 is 19.3 Å². The highest BCUT2D eigenvalue weighted by Gasteiger charge is 2.34. The number of amides is 2. The summed E-state index contributed by atoms with van der Waals surface area (Å²) in [6, 6.07) is 18.8. The maximum absolute atomic E-state index is 13.8. The molecule has 2 atom stereocenters. The van der Waals surface area contributed by atoms with Crippen LogP contribution in [0.25, 0.3) is 0 Å². The van der Waals surface area contributed by atoms with Crippen LogP contribution in [0.1, 0.15) is 34.9 Å². The van der Waals surface area contributed by atoms with Gasteiger partial charge in [0, 0.05) is 29.6 Å². The third-order valence-electron chi connectivity index (χ3n) is 6.96. The molecule has 0 N–H and O–H groups in total. The molecular formula is C29H31ClN2O4S. The van der Waals surface area contributed by atoms with Crippen molar-refractivity contribution in [3.8, 4) is 5.75 Å². The average molecular weight is 539 g/mol. The lowest BCUT2D eigenvalue weighted by molar-refractivity contribution is -0.143. The van der Waals surface area contributed by atoms with E-state index in [0.717, 1.165) is 30.4 Å². The molecule has 37 heavy (non-hydrogen) atoms. The molecule has 6 nitrogen and oxygen atoms in total. The Balaban J connectivity index is 1.31. The van der Waals surface area contributed by atoms with Gasteiger partial charge in [-0.05, 0) is 66.1 Å². The first-order chi connectivity index (χ1) is 18.1. The molecule has 2 aliphatic heterocycles. The number of rotatable bonds is 9. The summed E-state index contributed by atoms with van der Waals surface area (Å²) in [5.74, 6) is 0.579. The molecule has 2 amide bonds. The topological polar surface area (TPSA) is 59.1 Å². The van der Waals surface area contributed by atoms with Crippen molar-refractivity contribution in [1.82, 2.24) is 9.80 Å². The number of thiophene rings is 1. The molecule has 1 aromatic heterocycles. The zero-order valence-electron chi connectivity index (χ0n) is 20.7. The van der Waals surface area contributed by atoms with E-state index in [1.165, 1.54) is 4.88 Å². The number of hydrogen-bond donors (Lipinski definition) is 0. The van der Waals surface area contributed by atoms with Crippen molar-refractivity contribution in [2.75, 3.05) is 32.8 Å². The van der Waals surface area contributed by atoms with E-state index in [1.807, 2.05) is 47.4 Å². The van der Waals surface area contributed by atoms with Gasteiger partial charge in [0.25, 0.3) is 0 Å². The van der Waals surface area contributed by atoms with Gasteiger partial charge in [-0.1, -0.05) is 41.9 Å². The van der Waals surface area contributed by atoms with Crippen molar-refractivity contribution in [2.45, 2.75) is 37.8 Å². The number of ether oxygens (including phenoxy) is 2. The number of carbonyl (C=O) groups excluding carboxylic acids is 2. The maximum atomic E-state index is 13.8. The van der Waals surface area contributed by atoms with Crippen LogP contribution in [0, 0.1) is 0 Å². The van der Waals surface area contributed by atoms with E-state index in [4.69, 9.17) is 21.1 Å². The fourth-order valence-corrected chi connectivity index (χ4v) is 6.06. The molecular weight excluding hydrogens is 508 g/mol. The van der Waals surface area contributed by atoms with Crippen molar-refractivity contribution >= 4 is 34.8 Å². The monoisotopic (exact) mass is 538 g/mol. The molecule has 8 heteroatoms. The zero-order valence-corrected chi connectivity index (χ0v) is 22.3. The fourth-order valence-electron chi connectivity index (χ4n) is 5.01. The summed E-state index contributed by atoms with van der Waals surface area (Å²) in [4.78, 5) is 32.0. The van der Waals surface area contributed by atoms with Gasteiger partial charge in [0.15, 0.2) is 0 Å². The Labute approximate surface area is 226 Å². The van der Waals surface area contributed by atoms with Gasteiger partial charge in [0.05, 0.1) is 25.1 Å². The predicted molar refractivity (Wildman–Crippen MR) is 145 cm³/mol. The Bertz CT molecular complexity index is 1190. The van der Waals surface area contributed by atoms with Crippen LogP contribution in [0.2, 0.25) is 5.02 Å². The second-order valence-corrected chi connectivity index (χ2v) is 10.9. The fraction of sp³-hybridized carbons (Fsp3) is 0.379. The summed E-state index contributed by atoms with van der Waals surface area (Å²) in [5.41, 5.74) is 2.06. The van der Waals surface area contributed by atoms with Crippen molar-refractivity contribution in [3.05, 3.63) is 87.1 Å². The van der Waals surface area contributed by atoms with E-state index in [2.05, 4.69) is 11.4 Å². The molecule has 0 saturated carbocycles. The van der Waals surface area contributed by atoms with Gasteiger partial charge >= 0.3 is 0 Å². The van der Waals surface area contributed by atoms with Gasteiger partial charge in [-0.15, -0.1) is 11.3 Å². The lowest BCUT2D eigenvalue weighted by atomic mass is 10.00. The lowest BCUT2D eigenvalue weighted by Crippen LogP contribution is -2.49. The van der Waals surface area contributed by atoms with Gasteiger partial charge in [-0.3, -0.25) is 9.59 Å². The molecule has 0 bridgehead atoms. The molecule has 0 radical (unpaired) electrons. The highest BCUT2D eigenvalue weighted by Crippen LogP contribution is 2.34. The van der Waals surface area contributed by atoms with E-state index in [-0.39, 0.29) is 36.9 Å². The molecule has 1 saturated heterocycles. The van der Waals surface area contributed by atoms with Crippen molar-refractivity contribution in [3.63, 3.8) is 0 Å². The lowest BCUT2D eigenvalue weighted by Gasteiger charge is -2.37. The molecule has 3 aromatic rings. The summed E-state index contributed by atoms with van der Waals surface area (Å²) >= 11 is 7.73. The molecule has 0 unspecified atom stereocenters. The summed E-state index contributed by atoms with van der Waals surface area (Å²) in [7, 11) is 0. The molecule has 0 spiro atoms. The quantitative estimate of drug-likeness (QED) is 0.378. The third-order valence-corrected chi connectivity index (χ3v) is 8.21. The van der Waals surface area contributed by atoms with Crippen LogP contribution in [-0.4, -0.2) is 60.6 Å². The number of hydrogen-bond acceptors (Lipinski definition) is 5. The van der Waals surface area contributed by atoms with Crippen LogP contribution in [0.15, 0.2) is 66.0 Å². The second kappa shape index (κ2) is 12.1. The number of halogens is 1. The molecule has 1 fully saturated rings. The van der Waals surface area contributed by atoms with Gasteiger partial charge in [-0.25, -0.2) is 0 Å². The summed E-state index contributed by atoms with van der Waals surface area (Å²) in [6.07, 6.45) is 2.93. The summed E-state index contributed by atoms with van der Waals surface area (Å²) in [6.45, 7) is 2.10. The van der Waals surface area contributed by atoms with Crippen LogP contribution in [0.3, 0.4) is 0 Å². The molecule has 2 aromatic carbocycles. The van der Waals surface area contributed by atoms with Crippen molar-refractivity contribution in [1.29, 1.82) is 0 Å². The Morgan fingerprint density at radius 2 is 1.92 bits per heavy atom. The first kappa shape index (κ1) is 25.8. The molecule has 3 heterocycles.